The van der Waals surface area contributed by atoms with Gasteiger partial charge in [0.25, 0.3) is 0 Å². The smallest absolute Gasteiger partial charge is 0.00984 e. The van der Waals surface area contributed by atoms with Gasteiger partial charge in [0, 0.05) is 6.04 Å². The largest absolute Gasteiger partial charge is 0.313 e. The van der Waals surface area contributed by atoms with Gasteiger partial charge in [0.1, 0.15) is 0 Å². The SMILES string of the molecule is C[C@@H]1[C@H]2C[C@@H](C[C@H]1NCC1CC1)C2(C)C.Cl. The third-order valence-electron chi connectivity index (χ3n) is 5.72. The molecular formula is C14H26ClN. The fourth-order valence-electron chi connectivity index (χ4n) is 4.06. The summed E-state index contributed by atoms with van der Waals surface area (Å²) in [4.78, 5) is 0. The van der Waals surface area contributed by atoms with E-state index >= 15 is 0 Å². The maximum absolute atomic E-state index is 3.83. The van der Waals surface area contributed by atoms with Crippen LogP contribution in [0.2, 0.25) is 0 Å². The quantitative estimate of drug-likeness (QED) is 0.801. The number of hydrogen-bond donors (Lipinski definition) is 1. The summed E-state index contributed by atoms with van der Waals surface area (Å²) in [6.07, 6.45) is 5.91. The summed E-state index contributed by atoms with van der Waals surface area (Å²) in [6, 6.07) is 0.836. The summed E-state index contributed by atoms with van der Waals surface area (Å²) in [5.74, 6) is 3.94. The van der Waals surface area contributed by atoms with E-state index in [1.165, 1.54) is 32.2 Å². The Kier molecular flexibility index (Phi) is 3.31. The normalized spacial score (nSPS) is 44.4. The van der Waals surface area contributed by atoms with Crippen LogP contribution in [-0.4, -0.2) is 12.6 Å². The average Bonchev–Trinajstić information content (AvgIpc) is 2.99. The molecule has 2 heteroatoms. The number of hydrogen-bond acceptors (Lipinski definition) is 1. The van der Waals surface area contributed by atoms with Gasteiger partial charge in [-0.2, -0.15) is 0 Å². The minimum Gasteiger partial charge on any atom is -0.313 e. The van der Waals surface area contributed by atoms with Gasteiger partial charge in [-0.25, -0.2) is 0 Å². The van der Waals surface area contributed by atoms with Crippen molar-refractivity contribution >= 4 is 12.4 Å². The first-order valence-electron chi connectivity index (χ1n) is 6.82. The lowest BCUT2D eigenvalue weighted by Crippen LogP contribution is -2.60. The monoisotopic (exact) mass is 243 g/mol. The highest BCUT2D eigenvalue weighted by Crippen LogP contribution is 2.61. The van der Waals surface area contributed by atoms with Gasteiger partial charge in [0.15, 0.2) is 0 Å². The van der Waals surface area contributed by atoms with Crippen molar-refractivity contribution in [3.05, 3.63) is 0 Å². The molecule has 0 aromatic carbocycles. The molecule has 4 rings (SSSR count). The van der Waals surface area contributed by atoms with Crippen LogP contribution in [0.15, 0.2) is 0 Å². The first-order chi connectivity index (χ1) is 7.09. The highest BCUT2D eigenvalue weighted by molar-refractivity contribution is 5.85. The standard InChI is InChI=1S/C14H25N.ClH/c1-9-12-6-11(14(12,2)3)7-13(9)15-8-10-4-5-10;/h9-13,15H,4-8H2,1-3H3;1H/t9-,11+,12-,13-;/m1./s1. The minimum absolute atomic E-state index is 0. The zero-order chi connectivity index (χ0) is 10.6. The first kappa shape index (κ1) is 12.7. The molecule has 2 bridgehead atoms. The van der Waals surface area contributed by atoms with Gasteiger partial charge in [-0.05, 0) is 61.3 Å². The summed E-state index contributed by atoms with van der Waals surface area (Å²) >= 11 is 0. The van der Waals surface area contributed by atoms with Gasteiger partial charge < -0.3 is 5.32 Å². The topological polar surface area (TPSA) is 12.0 Å². The predicted molar refractivity (Wildman–Crippen MR) is 70.9 cm³/mol. The average molecular weight is 244 g/mol. The molecule has 0 saturated heterocycles. The van der Waals surface area contributed by atoms with Crippen LogP contribution in [0.3, 0.4) is 0 Å². The minimum atomic E-state index is 0. The van der Waals surface area contributed by atoms with Crippen molar-refractivity contribution in [3.63, 3.8) is 0 Å². The number of rotatable bonds is 3. The molecule has 0 radical (unpaired) electrons. The number of nitrogens with one attached hydrogen (secondary N) is 1. The van der Waals surface area contributed by atoms with Crippen molar-refractivity contribution in [1.82, 2.24) is 5.32 Å². The molecule has 4 aliphatic rings. The molecule has 0 heterocycles. The maximum Gasteiger partial charge on any atom is 0.00984 e. The molecule has 94 valence electrons. The Morgan fingerprint density at radius 1 is 1.19 bits per heavy atom. The van der Waals surface area contributed by atoms with E-state index in [-0.39, 0.29) is 12.4 Å². The molecule has 1 nitrogen and oxygen atoms in total. The second kappa shape index (κ2) is 4.17. The second-order valence-corrected chi connectivity index (χ2v) is 6.91. The lowest BCUT2D eigenvalue weighted by Gasteiger charge is -2.62. The Labute approximate surface area is 106 Å². The molecule has 4 aliphatic carbocycles. The molecule has 4 atom stereocenters. The fourth-order valence-corrected chi connectivity index (χ4v) is 4.06. The summed E-state index contributed by atoms with van der Waals surface area (Å²) in [7, 11) is 0. The maximum atomic E-state index is 3.83. The number of fused-ring (bicyclic) bond motifs is 2. The summed E-state index contributed by atoms with van der Waals surface area (Å²) < 4.78 is 0. The molecule has 1 N–H and O–H groups in total. The van der Waals surface area contributed by atoms with E-state index in [1.807, 2.05) is 0 Å². The molecule has 0 amide bonds. The Morgan fingerprint density at radius 2 is 1.88 bits per heavy atom. The lowest BCUT2D eigenvalue weighted by molar-refractivity contribution is -0.115. The molecule has 4 saturated carbocycles. The van der Waals surface area contributed by atoms with E-state index in [9.17, 15) is 0 Å². The van der Waals surface area contributed by atoms with E-state index in [0.717, 1.165) is 29.7 Å². The molecule has 0 unspecified atom stereocenters. The van der Waals surface area contributed by atoms with E-state index < -0.39 is 0 Å². The van der Waals surface area contributed by atoms with E-state index in [4.69, 9.17) is 0 Å². The Hall–Kier alpha value is 0.250. The highest BCUT2D eigenvalue weighted by Gasteiger charge is 2.56. The van der Waals surface area contributed by atoms with Gasteiger partial charge in [-0.15, -0.1) is 12.4 Å². The summed E-state index contributed by atoms with van der Waals surface area (Å²) in [5.41, 5.74) is 0.650. The fraction of sp³-hybridized carbons (Fsp3) is 1.00. The molecule has 0 aliphatic heterocycles. The van der Waals surface area contributed by atoms with Crippen molar-refractivity contribution < 1.29 is 0 Å². The van der Waals surface area contributed by atoms with Gasteiger partial charge >= 0.3 is 0 Å². The molecule has 0 spiro atoms. The van der Waals surface area contributed by atoms with Crippen molar-refractivity contribution in [2.45, 2.75) is 52.5 Å². The van der Waals surface area contributed by atoms with Crippen LogP contribution in [0.5, 0.6) is 0 Å². The van der Waals surface area contributed by atoms with Gasteiger partial charge in [0.05, 0.1) is 0 Å². The Balaban J connectivity index is 0.000000963. The van der Waals surface area contributed by atoms with Crippen LogP contribution in [0, 0.1) is 29.1 Å². The Bertz CT molecular complexity index is 259. The van der Waals surface area contributed by atoms with Crippen molar-refractivity contribution in [1.29, 1.82) is 0 Å². The summed E-state index contributed by atoms with van der Waals surface area (Å²) in [6.45, 7) is 8.75. The van der Waals surface area contributed by atoms with Crippen LogP contribution < -0.4 is 5.32 Å². The van der Waals surface area contributed by atoms with Gasteiger partial charge in [-0.3, -0.25) is 0 Å². The van der Waals surface area contributed by atoms with Gasteiger partial charge in [0.2, 0.25) is 0 Å². The lowest BCUT2D eigenvalue weighted by atomic mass is 9.45. The van der Waals surface area contributed by atoms with E-state index in [0.29, 0.717) is 5.41 Å². The molecule has 4 fully saturated rings. The zero-order valence-electron chi connectivity index (χ0n) is 10.8. The highest BCUT2D eigenvalue weighted by atomic mass is 35.5. The Morgan fingerprint density at radius 3 is 2.38 bits per heavy atom. The van der Waals surface area contributed by atoms with Crippen LogP contribution in [0.1, 0.15) is 46.5 Å². The van der Waals surface area contributed by atoms with Gasteiger partial charge in [-0.1, -0.05) is 20.8 Å². The third kappa shape index (κ3) is 1.90. The zero-order valence-corrected chi connectivity index (χ0v) is 11.6. The molecular weight excluding hydrogens is 218 g/mol. The van der Waals surface area contributed by atoms with Crippen LogP contribution in [-0.2, 0) is 0 Å². The molecule has 0 aromatic heterocycles. The first-order valence-corrected chi connectivity index (χ1v) is 6.82. The van der Waals surface area contributed by atoms with Crippen molar-refractivity contribution in [2.75, 3.05) is 6.54 Å². The predicted octanol–water partition coefficient (Wildman–Crippen LogP) is 3.48. The summed E-state index contributed by atoms with van der Waals surface area (Å²) in [5, 5.41) is 3.83. The van der Waals surface area contributed by atoms with Crippen LogP contribution >= 0.6 is 12.4 Å². The number of halogens is 1. The second-order valence-electron chi connectivity index (χ2n) is 6.91. The van der Waals surface area contributed by atoms with Crippen molar-refractivity contribution in [2.24, 2.45) is 29.1 Å². The molecule has 0 aromatic rings. The molecule has 16 heavy (non-hydrogen) atoms. The van der Waals surface area contributed by atoms with Crippen molar-refractivity contribution in [3.8, 4) is 0 Å². The van der Waals surface area contributed by atoms with Crippen LogP contribution in [0.4, 0.5) is 0 Å². The van der Waals surface area contributed by atoms with Crippen LogP contribution in [0.25, 0.3) is 0 Å². The third-order valence-corrected chi connectivity index (χ3v) is 5.72. The van der Waals surface area contributed by atoms with E-state index in [1.54, 1.807) is 0 Å². The van der Waals surface area contributed by atoms with E-state index in [2.05, 4.69) is 26.1 Å².